The predicted octanol–water partition coefficient (Wildman–Crippen LogP) is 6.06. The van der Waals surface area contributed by atoms with Gasteiger partial charge in [0, 0.05) is 35.6 Å². The molecule has 1 fully saturated rings. The minimum atomic E-state index is 0.00571. The van der Waals surface area contributed by atoms with Crippen LogP contribution in [-0.2, 0) is 5.88 Å². The Balaban J connectivity index is 1.52. The summed E-state index contributed by atoms with van der Waals surface area (Å²) in [6.45, 7) is 5.87. The molecule has 0 spiro atoms. The molecule has 0 radical (unpaired) electrons. The van der Waals surface area contributed by atoms with Gasteiger partial charge in [-0.3, -0.25) is 14.5 Å². The van der Waals surface area contributed by atoms with E-state index < -0.39 is 0 Å². The second-order valence-electron chi connectivity index (χ2n) is 9.13. The van der Waals surface area contributed by atoms with Gasteiger partial charge in [-0.2, -0.15) is 5.10 Å². The van der Waals surface area contributed by atoms with Gasteiger partial charge in [0.15, 0.2) is 0 Å². The van der Waals surface area contributed by atoms with E-state index in [9.17, 15) is 4.79 Å². The van der Waals surface area contributed by atoms with Crippen molar-refractivity contribution in [3.8, 4) is 11.3 Å². The van der Waals surface area contributed by atoms with Crippen LogP contribution in [-0.4, -0.2) is 44.9 Å². The Labute approximate surface area is 198 Å². The summed E-state index contributed by atoms with van der Waals surface area (Å²) in [5.74, 6) is 2.06. The molecule has 0 bridgehead atoms. The lowest BCUT2D eigenvalue weighted by molar-refractivity contribution is 0.0732. The van der Waals surface area contributed by atoms with Crippen LogP contribution in [0.4, 0.5) is 0 Å². The van der Waals surface area contributed by atoms with Gasteiger partial charge in [-0.1, -0.05) is 31.5 Å². The second kappa shape index (κ2) is 9.21. The van der Waals surface area contributed by atoms with Crippen LogP contribution in [0.25, 0.3) is 33.1 Å². The van der Waals surface area contributed by atoms with E-state index in [-0.39, 0.29) is 5.91 Å². The minimum absolute atomic E-state index is 0.00571. The number of nitrogens with zero attached hydrogens (tertiary/aromatic N) is 4. The van der Waals surface area contributed by atoms with Gasteiger partial charge in [-0.25, -0.2) is 0 Å². The first-order valence-electron chi connectivity index (χ1n) is 11.7. The molecule has 1 aliphatic carbocycles. The van der Waals surface area contributed by atoms with E-state index in [0.717, 1.165) is 45.6 Å². The normalized spacial score (nSPS) is 18.4. The van der Waals surface area contributed by atoms with Gasteiger partial charge in [0.05, 0.1) is 11.4 Å². The molecule has 172 valence electrons. The zero-order chi connectivity index (χ0) is 22.9. The van der Waals surface area contributed by atoms with Crippen molar-refractivity contribution in [1.29, 1.82) is 0 Å². The lowest BCUT2D eigenvalue weighted by Crippen LogP contribution is -2.35. The molecular formula is C26H30N4O2S. The summed E-state index contributed by atoms with van der Waals surface area (Å²) >= 11 is 1.69. The first-order chi connectivity index (χ1) is 16.1. The first kappa shape index (κ1) is 22.0. The smallest absolute Gasteiger partial charge is 0.272 e. The van der Waals surface area contributed by atoms with Crippen LogP contribution in [0, 0.1) is 11.8 Å². The monoisotopic (exact) mass is 462 g/mol. The van der Waals surface area contributed by atoms with Crippen LogP contribution in [0.3, 0.4) is 0 Å². The Morgan fingerprint density at radius 2 is 2.12 bits per heavy atom. The topological polar surface area (TPSA) is 64.2 Å². The molecule has 1 aromatic carbocycles. The van der Waals surface area contributed by atoms with Crippen LogP contribution >= 0.6 is 11.8 Å². The van der Waals surface area contributed by atoms with Gasteiger partial charge >= 0.3 is 0 Å². The van der Waals surface area contributed by atoms with Gasteiger partial charge < -0.3 is 9.32 Å². The maximum atomic E-state index is 13.4. The lowest BCUT2D eigenvalue weighted by Gasteiger charge is -2.24. The average molecular weight is 463 g/mol. The minimum Gasteiger partial charge on any atom is -0.464 e. The summed E-state index contributed by atoms with van der Waals surface area (Å²) in [6, 6.07) is 9.88. The van der Waals surface area contributed by atoms with Crippen molar-refractivity contribution in [2.45, 2.75) is 39.0 Å². The number of thioether (sulfide) groups is 1. The summed E-state index contributed by atoms with van der Waals surface area (Å²) < 4.78 is 7.73. The van der Waals surface area contributed by atoms with Crippen molar-refractivity contribution >= 4 is 39.5 Å². The summed E-state index contributed by atoms with van der Waals surface area (Å²) in [5, 5.41) is 6.85. The van der Waals surface area contributed by atoms with Gasteiger partial charge in [0.25, 0.3) is 5.91 Å². The zero-order valence-corrected chi connectivity index (χ0v) is 20.3. The number of carbonyl (C=O) groups is 1. The van der Waals surface area contributed by atoms with Crippen LogP contribution in [0.2, 0.25) is 0 Å². The molecule has 2 unspecified atom stereocenters. The second-order valence-corrected chi connectivity index (χ2v) is 9.96. The largest absolute Gasteiger partial charge is 0.464 e. The molecule has 1 aliphatic rings. The molecule has 4 aromatic rings. The third-order valence-corrected chi connectivity index (χ3v) is 7.30. The molecule has 3 aromatic heterocycles. The molecule has 5 rings (SSSR count). The maximum Gasteiger partial charge on any atom is 0.272 e. The molecule has 1 amide bonds. The summed E-state index contributed by atoms with van der Waals surface area (Å²) in [4.78, 5) is 19.9. The molecule has 3 heterocycles. The number of fused-ring (bicyclic) bond motifs is 2. The van der Waals surface area contributed by atoms with Crippen molar-refractivity contribution in [2.75, 3.05) is 19.3 Å². The standard InChI is InChI=1S/C26H30N4O2S/c1-4-29(14-18-10-9-17(2)11-18)26(31)22-12-23-20(13-27-22)25(28-30(23)16-33-3)21-15-32-24-8-6-5-7-19(21)24/h5-8,12-13,15,17-18H,4,9-11,14,16H2,1-3H3. The highest BCUT2D eigenvalue weighted by Gasteiger charge is 2.26. The SMILES string of the molecule is CCN(CC1CCC(C)C1)C(=O)c1cc2c(cn1)c(-c1coc3ccccc13)nn2CSC. The van der Waals surface area contributed by atoms with Gasteiger partial charge in [0.1, 0.15) is 23.2 Å². The van der Waals surface area contributed by atoms with E-state index in [2.05, 4.69) is 25.1 Å². The quantitative estimate of drug-likeness (QED) is 0.334. The molecular weight excluding hydrogens is 432 g/mol. The Hall–Kier alpha value is -2.80. The zero-order valence-electron chi connectivity index (χ0n) is 19.5. The Bertz CT molecular complexity index is 1290. The molecule has 0 saturated heterocycles. The molecule has 2 atom stereocenters. The summed E-state index contributed by atoms with van der Waals surface area (Å²) in [6.07, 6.45) is 9.29. The summed E-state index contributed by atoms with van der Waals surface area (Å²) in [5.41, 5.74) is 4.03. The van der Waals surface area contributed by atoms with Crippen molar-refractivity contribution in [3.63, 3.8) is 0 Å². The number of benzene rings is 1. The number of hydrogen-bond donors (Lipinski definition) is 0. The maximum absolute atomic E-state index is 13.4. The number of hydrogen-bond acceptors (Lipinski definition) is 5. The Morgan fingerprint density at radius 1 is 1.27 bits per heavy atom. The third kappa shape index (κ3) is 4.14. The van der Waals surface area contributed by atoms with E-state index in [0.29, 0.717) is 24.0 Å². The fourth-order valence-electron chi connectivity index (χ4n) is 5.09. The van der Waals surface area contributed by atoms with E-state index in [1.807, 2.05) is 39.9 Å². The Morgan fingerprint density at radius 3 is 2.88 bits per heavy atom. The fraction of sp³-hybridized carbons (Fsp3) is 0.423. The number of rotatable bonds is 7. The number of furan rings is 1. The fourth-order valence-corrected chi connectivity index (χ4v) is 5.53. The highest BCUT2D eigenvalue weighted by molar-refractivity contribution is 7.97. The molecule has 33 heavy (non-hydrogen) atoms. The third-order valence-electron chi connectivity index (χ3n) is 6.79. The lowest BCUT2D eigenvalue weighted by atomic mass is 10.1. The number of pyridine rings is 1. The molecule has 1 saturated carbocycles. The number of para-hydroxylation sites is 1. The van der Waals surface area contributed by atoms with E-state index in [4.69, 9.17) is 9.52 Å². The van der Waals surface area contributed by atoms with Gasteiger partial charge in [-0.15, -0.1) is 11.8 Å². The van der Waals surface area contributed by atoms with E-state index in [1.54, 1.807) is 24.2 Å². The Kier molecular flexibility index (Phi) is 6.15. The van der Waals surface area contributed by atoms with Gasteiger partial charge in [0.2, 0.25) is 0 Å². The van der Waals surface area contributed by atoms with Crippen molar-refractivity contribution < 1.29 is 9.21 Å². The highest BCUT2D eigenvalue weighted by atomic mass is 32.2. The summed E-state index contributed by atoms with van der Waals surface area (Å²) in [7, 11) is 0. The highest BCUT2D eigenvalue weighted by Crippen LogP contribution is 2.35. The molecule has 0 aliphatic heterocycles. The van der Waals surface area contributed by atoms with Crippen LogP contribution < -0.4 is 0 Å². The van der Waals surface area contributed by atoms with Gasteiger partial charge in [-0.05, 0) is 50.0 Å². The van der Waals surface area contributed by atoms with Crippen LogP contribution in [0.1, 0.15) is 43.6 Å². The van der Waals surface area contributed by atoms with Crippen molar-refractivity contribution in [1.82, 2.24) is 19.7 Å². The van der Waals surface area contributed by atoms with Crippen LogP contribution in [0.15, 0.2) is 47.2 Å². The van der Waals surface area contributed by atoms with E-state index in [1.165, 1.54) is 19.3 Å². The molecule has 0 N–H and O–H groups in total. The molecule has 7 heteroatoms. The number of aromatic nitrogens is 3. The number of amides is 1. The number of carbonyl (C=O) groups excluding carboxylic acids is 1. The first-order valence-corrected chi connectivity index (χ1v) is 13.1. The average Bonchev–Trinajstić information content (AvgIpc) is 3.54. The van der Waals surface area contributed by atoms with Crippen LogP contribution in [0.5, 0.6) is 0 Å². The van der Waals surface area contributed by atoms with Crippen molar-refractivity contribution in [2.24, 2.45) is 11.8 Å². The van der Waals surface area contributed by atoms with E-state index >= 15 is 0 Å². The molecule has 6 nitrogen and oxygen atoms in total. The predicted molar refractivity (Wildman–Crippen MR) is 134 cm³/mol. The van der Waals surface area contributed by atoms with Crippen molar-refractivity contribution in [3.05, 3.63) is 48.5 Å².